The molecule has 5 nitrogen and oxygen atoms in total. The van der Waals surface area contributed by atoms with Gasteiger partial charge in [0.05, 0.1) is 0 Å². The van der Waals surface area contributed by atoms with Crippen LogP contribution in [0, 0.1) is 6.92 Å². The zero-order chi connectivity index (χ0) is 16.9. The molecule has 2 heterocycles. The van der Waals surface area contributed by atoms with Gasteiger partial charge in [0.25, 0.3) is 0 Å². The minimum atomic E-state index is 0.0789. The normalized spacial score (nSPS) is 11.2. The van der Waals surface area contributed by atoms with Crippen LogP contribution in [0.2, 0.25) is 0 Å². The lowest BCUT2D eigenvalue weighted by molar-refractivity contribution is 0.564. The molecule has 0 spiro atoms. The summed E-state index contributed by atoms with van der Waals surface area (Å²) in [4.78, 5) is 19.9. The van der Waals surface area contributed by atoms with Gasteiger partial charge in [-0.2, -0.15) is 0 Å². The Morgan fingerprint density at radius 2 is 2.17 bits per heavy atom. The summed E-state index contributed by atoms with van der Waals surface area (Å²) >= 11 is 0. The number of hydrogen-bond acceptors (Lipinski definition) is 3. The Kier molecular flexibility index (Phi) is 5.11. The van der Waals surface area contributed by atoms with Crippen molar-refractivity contribution >= 4 is 10.9 Å². The van der Waals surface area contributed by atoms with E-state index in [1.165, 1.54) is 0 Å². The van der Waals surface area contributed by atoms with Crippen LogP contribution in [-0.2, 0) is 19.5 Å². The number of aryl methyl sites for hydroxylation is 3. The maximum absolute atomic E-state index is 12.2. The zero-order valence-corrected chi connectivity index (χ0v) is 14.3. The van der Waals surface area contributed by atoms with E-state index in [-0.39, 0.29) is 5.43 Å². The fourth-order valence-corrected chi connectivity index (χ4v) is 2.97. The van der Waals surface area contributed by atoms with Crippen LogP contribution >= 0.6 is 0 Å². The van der Waals surface area contributed by atoms with Crippen molar-refractivity contribution in [3.05, 3.63) is 64.0 Å². The standard InChI is InChI=1S/C19H24N4O/c1-3-19-21-8-10-23(19)9-4-7-20-13-15-12-18(24)16-11-14(2)5-6-17(16)22-15/h5-6,8,10-12,20H,3-4,7,9,13H2,1-2H3,(H,22,24). The molecule has 0 fully saturated rings. The van der Waals surface area contributed by atoms with E-state index in [4.69, 9.17) is 0 Å². The van der Waals surface area contributed by atoms with Gasteiger partial charge in [-0.25, -0.2) is 4.98 Å². The number of aromatic nitrogens is 3. The second kappa shape index (κ2) is 7.45. The monoisotopic (exact) mass is 324 g/mol. The van der Waals surface area contributed by atoms with Gasteiger partial charge in [0.1, 0.15) is 5.82 Å². The molecule has 0 saturated carbocycles. The average Bonchev–Trinajstić information content (AvgIpc) is 3.03. The molecule has 0 saturated heterocycles. The van der Waals surface area contributed by atoms with Crippen molar-refractivity contribution in [2.75, 3.05) is 6.54 Å². The van der Waals surface area contributed by atoms with Crippen LogP contribution in [0.5, 0.6) is 0 Å². The van der Waals surface area contributed by atoms with Gasteiger partial charge in [0.15, 0.2) is 5.43 Å². The topological polar surface area (TPSA) is 62.7 Å². The number of rotatable bonds is 7. The molecular weight excluding hydrogens is 300 g/mol. The molecule has 0 unspecified atom stereocenters. The zero-order valence-electron chi connectivity index (χ0n) is 14.3. The molecule has 5 heteroatoms. The third-order valence-electron chi connectivity index (χ3n) is 4.23. The lowest BCUT2D eigenvalue weighted by Gasteiger charge is -2.09. The fraction of sp³-hybridized carbons (Fsp3) is 0.368. The summed E-state index contributed by atoms with van der Waals surface area (Å²) in [5.41, 5.74) is 3.00. The van der Waals surface area contributed by atoms with Crippen molar-refractivity contribution in [1.82, 2.24) is 19.9 Å². The fourth-order valence-electron chi connectivity index (χ4n) is 2.97. The van der Waals surface area contributed by atoms with Gasteiger partial charge in [0, 0.05) is 54.6 Å². The highest BCUT2D eigenvalue weighted by Gasteiger charge is 2.03. The minimum Gasteiger partial charge on any atom is -0.357 e. The Labute approximate surface area is 141 Å². The van der Waals surface area contributed by atoms with E-state index >= 15 is 0 Å². The molecule has 0 aliphatic carbocycles. The van der Waals surface area contributed by atoms with E-state index in [0.29, 0.717) is 6.54 Å². The van der Waals surface area contributed by atoms with E-state index in [2.05, 4.69) is 26.8 Å². The number of aromatic amines is 1. The molecule has 0 bridgehead atoms. The van der Waals surface area contributed by atoms with Gasteiger partial charge in [-0.05, 0) is 32.0 Å². The first-order valence-corrected chi connectivity index (χ1v) is 8.50. The smallest absolute Gasteiger partial charge is 0.189 e. The molecule has 3 rings (SSSR count). The molecule has 1 aromatic carbocycles. The number of fused-ring (bicyclic) bond motifs is 1. The first-order valence-electron chi connectivity index (χ1n) is 8.50. The predicted octanol–water partition coefficient (Wildman–Crippen LogP) is 2.78. The molecule has 126 valence electrons. The third-order valence-corrected chi connectivity index (χ3v) is 4.23. The summed E-state index contributed by atoms with van der Waals surface area (Å²) in [6.07, 6.45) is 5.87. The van der Waals surface area contributed by atoms with Crippen LogP contribution in [0.15, 0.2) is 41.5 Å². The molecule has 0 aliphatic heterocycles. The average molecular weight is 324 g/mol. The number of nitrogens with one attached hydrogen (secondary N) is 2. The van der Waals surface area contributed by atoms with Gasteiger partial charge >= 0.3 is 0 Å². The van der Waals surface area contributed by atoms with E-state index in [0.717, 1.165) is 53.9 Å². The summed E-state index contributed by atoms with van der Waals surface area (Å²) in [5, 5.41) is 4.16. The van der Waals surface area contributed by atoms with Gasteiger partial charge in [-0.3, -0.25) is 4.79 Å². The molecule has 0 aliphatic rings. The Balaban J connectivity index is 1.54. The van der Waals surface area contributed by atoms with E-state index in [9.17, 15) is 4.79 Å². The molecule has 2 aromatic heterocycles. The number of hydrogen-bond donors (Lipinski definition) is 2. The predicted molar refractivity (Wildman–Crippen MR) is 97.2 cm³/mol. The first-order chi connectivity index (χ1) is 11.7. The Hall–Kier alpha value is -2.40. The molecule has 2 N–H and O–H groups in total. The van der Waals surface area contributed by atoms with Crippen molar-refractivity contribution in [2.24, 2.45) is 0 Å². The number of benzene rings is 1. The van der Waals surface area contributed by atoms with Crippen LogP contribution in [0.25, 0.3) is 10.9 Å². The highest BCUT2D eigenvalue weighted by atomic mass is 16.1. The maximum atomic E-state index is 12.2. The summed E-state index contributed by atoms with van der Waals surface area (Å²) in [6.45, 7) is 6.65. The first kappa shape index (κ1) is 16.5. The molecule has 3 aromatic rings. The highest BCUT2D eigenvalue weighted by Crippen LogP contribution is 2.10. The summed E-state index contributed by atoms with van der Waals surface area (Å²) in [6, 6.07) is 7.62. The maximum Gasteiger partial charge on any atom is 0.189 e. The highest BCUT2D eigenvalue weighted by molar-refractivity contribution is 5.79. The largest absolute Gasteiger partial charge is 0.357 e. The Bertz CT molecular complexity index is 878. The lowest BCUT2D eigenvalue weighted by atomic mass is 10.1. The molecule has 0 atom stereocenters. The van der Waals surface area contributed by atoms with Gasteiger partial charge < -0.3 is 14.9 Å². The number of nitrogens with zero attached hydrogens (tertiary/aromatic N) is 2. The lowest BCUT2D eigenvalue weighted by Crippen LogP contribution is -2.19. The van der Waals surface area contributed by atoms with Crippen LogP contribution in [0.1, 0.15) is 30.4 Å². The van der Waals surface area contributed by atoms with Crippen molar-refractivity contribution in [2.45, 2.75) is 39.8 Å². The summed E-state index contributed by atoms with van der Waals surface area (Å²) in [7, 11) is 0. The van der Waals surface area contributed by atoms with Gasteiger partial charge in [-0.1, -0.05) is 18.6 Å². The van der Waals surface area contributed by atoms with Crippen LogP contribution in [0.4, 0.5) is 0 Å². The third kappa shape index (κ3) is 3.74. The van der Waals surface area contributed by atoms with Crippen LogP contribution in [0.3, 0.4) is 0 Å². The Morgan fingerprint density at radius 1 is 1.29 bits per heavy atom. The summed E-state index contributed by atoms with van der Waals surface area (Å²) in [5.74, 6) is 1.13. The van der Waals surface area contributed by atoms with Crippen LogP contribution in [-0.4, -0.2) is 21.1 Å². The van der Waals surface area contributed by atoms with E-state index in [1.807, 2.05) is 37.5 Å². The second-order valence-corrected chi connectivity index (χ2v) is 6.13. The van der Waals surface area contributed by atoms with Crippen LogP contribution < -0.4 is 10.7 Å². The minimum absolute atomic E-state index is 0.0789. The molecular formula is C19H24N4O. The van der Waals surface area contributed by atoms with Crippen molar-refractivity contribution in [1.29, 1.82) is 0 Å². The second-order valence-electron chi connectivity index (χ2n) is 6.13. The Morgan fingerprint density at radius 3 is 3.00 bits per heavy atom. The SMILES string of the molecule is CCc1nccn1CCCNCc1cc(=O)c2cc(C)ccc2[nH]1. The number of pyridine rings is 1. The quantitative estimate of drug-likeness (QED) is 0.657. The van der Waals surface area contributed by atoms with E-state index < -0.39 is 0 Å². The van der Waals surface area contributed by atoms with Gasteiger partial charge in [-0.15, -0.1) is 0 Å². The van der Waals surface area contributed by atoms with E-state index in [1.54, 1.807) is 6.07 Å². The molecule has 0 radical (unpaired) electrons. The number of imidazole rings is 1. The molecule has 24 heavy (non-hydrogen) atoms. The van der Waals surface area contributed by atoms with Gasteiger partial charge in [0.2, 0.25) is 0 Å². The summed E-state index contributed by atoms with van der Waals surface area (Å²) < 4.78 is 2.20. The van der Waals surface area contributed by atoms with Crippen molar-refractivity contribution < 1.29 is 0 Å². The molecule has 0 amide bonds. The number of H-pyrrole nitrogens is 1. The van der Waals surface area contributed by atoms with Crippen molar-refractivity contribution in [3.63, 3.8) is 0 Å². The van der Waals surface area contributed by atoms with Crippen molar-refractivity contribution in [3.8, 4) is 0 Å².